The van der Waals surface area contributed by atoms with Gasteiger partial charge in [0.05, 0.1) is 36.7 Å². The van der Waals surface area contributed by atoms with Crippen molar-refractivity contribution in [3.05, 3.63) is 0 Å². The van der Waals surface area contributed by atoms with Gasteiger partial charge in [0.25, 0.3) is 0 Å². The molecule has 0 bridgehead atoms. The number of hydrogen-bond donors (Lipinski definition) is 2. The van der Waals surface area contributed by atoms with Crippen LogP contribution in [0.15, 0.2) is 0 Å². The fourth-order valence-corrected chi connectivity index (χ4v) is 3.98. The highest BCUT2D eigenvalue weighted by molar-refractivity contribution is 7.91. The summed E-state index contributed by atoms with van der Waals surface area (Å²) in [7, 11) is -3.11. The number of sulfone groups is 1. The molecule has 102 valence electrons. The molecule has 3 unspecified atom stereocenters. The SMILES string of the molecule is O=C(NC1COCC1C(=O)O)C1CCS(=O)(=O)C1. The predicted molar refractivity (Wildman–Crippen MR) is 60.6 cm³/mol. The number of rotatable bonds is 3. The standard InChI is InChI=1S/C10H15NO6S/c12-9(6-1-2-18(15,16)5-6)11-8-4-17-3-7(8)10(13)14/h6-8H,1-5H2,(H,11,12)(H,13,14). The second-order valence-corrected chi connectivity index (χ2v) is 6.93. The first-order valence-corrected chi connectivity index (χ1v) is 7.52. The normalized spacial score (nSPS) is 34.3. The van der Waals surface area contributed by atoms with Gasteiger partial charge in [0.2, 0.25) is 5.91 Å². The van der Waals surface area contributed by atoms with E-state index in [4.69, 9.17) is 9.84 Å². The van der Waals surface area contributed by atoms with Crippen molar-refractivity contribution in [2.45, 2.75) is 12.5 Å². The zero-order valence-electron chi connectivity index (χ0n) is 9.66. The van der Waals surface area contributed by atoms with Crippen molar-refractivity contribution in [1.29, 1.82) is 0 Å². The monoisotopic (exact) mass is 277 g/mol. The molecular formula is C10H15NO6S. The summed E-state index contributed by atoms with van der Waals surface area (Å²) < 4.78 is 27.5. The van der Waals surface area contributed by atoms with Crippen LogP contribution in [-0.4, -0.2) is 56.2 Å². The van der Waals surface area contributed by atoms with Crippen LogP contribution in [0, 0.1) is 11.8 Å². The Kier molecular flexibility index (Phi) is 3.58. The first kappa shape index (κ1) is 13.3. The molecule has 2 heterocycles. The van der Waals surface area contributed by atoms with Crippen LogP contribution in [0.4, 0.5) is 0 Å². The number of carbonyl (C=O) groups is 2. The number of amides is 1. The Balaban J connectivity index is 1.94. The zero-order chi connectivity index (χ0) is 13.3. The molecule has 2 N–H and O–H groups in total. The number of carboxylic acids is 1. The van der Waals surface area contributed by atoms with Gasteiger partial charge in [-0.2, -0.15) is 0 Å². The Morgan fingerprint density at radius 3 is 2.56 bits per heavy atom. The van der Waals surface area contributed by atoms with Crippen molar-refractivity contribution in [1.82, 2.24) is 5.32 Å². The molecule has 0 aromatic rings. The van der Waals surface area contributed by atoms with Crippen molar-refractivity contribution in [3.63, 3.8) is 0 Å². The van der Waals surface area contributed by atoms with Gasteiger partial charge in [-0.3, -0.25) is 9.59 Å². The maximum Gasteiger partial charge on any atom is 0.311 e. The van der Waals surface area contributed by atoms with Crippen LogP contribution in [0.2, 0.25) is 0 Å². The highest BCUT2D eigenvalue weighted by Gasteiger charge is 2.38. The first-order valence-electron chi connectivity index (χ1n) is 5.70. The summed E-state index contributed by atoms with van der Waals surface area (Å²) in [5, 5.41) is 11.5. The Morgan fingerprint density at radius 1 is 1.28 bits per heavy atom. The van der Waals surface area contributed by atoms with E-state index in [2.05, 4.69) is 5.32 Å². The Hall–Kier alpha value is -1.15. The minimum absolute atomic E-state index is 0.0224. The van der Waals surface area contributed by atoms with Gasteiger partial charge in [0, 0.05) is 0 Å². The van der Waals surface area contributed by atoms with Crippen LogP contribution in [0.1, 0.15) is 6.42 Å². The largest absolute Gasteiger partial charge is 0.481 e. The molecule has 2 aliphatic rings. The number of ether oxygens (including phenoxy) is 1. The molecule has 18 heavy (non-hydrogen) atoms. The van der Waals surface area contributed by atoms with E-state index in [0.717, 1.165) is 0 Å². The maximum absolute atomic E-state index is 11.8. The fraction of sp³-hybridized carbons (Fsp3) is 0.800. The predicted octanol–water partition coefficient (Wildman–Crippen LogP) is -1.36. The van der Waals surface area contributed by atoms with E-state index in [1.807, 2.05) is 0 Å². The molecule has 3 atom stereocenters. The van der Waals surface area contributed by atoms with Crippen LogP contribution in [0.3, 0.4) is 0 Å². The molecule has 7 nitrogen and oxygen atoms in total. The van der Waals surface area contributed by atoms with Crippen LogP contribution in [-0.2, 0) is 24.2 Å². The molecule has 2 aliphatic heterocycles. The molecular weight excluding hydrogens is 262 g/mol. The number of nitrogens with one attached hydrogen (secondary N) is 1. The summed E-state index contributed by atoms with van der Waals surface area (Å²) >= 11 is 0. The van der Waals surface area contributed by atoms with E-state index in [9.17, 15) is 18.0 Å². The second-order valence-electron chi connectivity index (χ2n) is 4.70. The summed E-state index contributed by atoms with van der Waals surface area (Å²) in [4.78, 5) is 22.7. The third-order valence-electron chi connectivity index (χ3n) is 3.33. The van der Waals surface area contributed by atoms with Crippen LogP contribution in [0.25, 0.3) is 0 Å². The number of hydrogen-bond acceptors (Lipinski definition) is 5. The molecule has 0 aliphatic carbocycles. The summed E-state index contributed by atoms with van der Waals surface area (Å²) in [6, 6.07) is -0.571. The van der Waals surface area contributed by atoms with Crippen LogP contribution < -0.4 is 5.32 Å². The van der Waals surface area contributed by atoms with Gasteiger partial charge in [-0.15, -0.1) is 0 Å². The van der Waals surface area contributed by atoms with E-state index >= 15 is 0 Å². The van der Waals surface area contributed by atoms with Crippen LogP contribution in [0.5, 0.6) is 0 Å². The van der Waals surface area contributed by atoms with Gasteiger partial charge < -0.3 is 15.2 Å². The lowest BCUT2D eigenvalue weighted by Gasteiger charge is -2.17. The lowest BCUT2D eigenvalue weighted by Crippen LogP contribution is -2.45. The quantitative estimate of drug-likeness (QED) is 0.659. The van der Waals surface area contributed by atoms with Gasteiger partial charge in [-0.25, -0.2) is 8.42 Å². The Morgan fingerprint density at radius 2 is 2.00 bits per heavy atom. The minimum atomic E-state index is -3.11. The molecule has 0 aromatic carbocycles. The lowest BCUT2D eigenvalue weighted by molar-refractivity contribution is -0.142. The summed E-state index contributed by atoms with van der Waals surface area (Å²) in [5.74, 6) is -2.86. The van der Waals surface area contributed by atoms with E-state index in [0.29, 0.717) is 6.42 Å². The van der Waals surface area contributed by atoms with Gasteiger partial charge in [-0.05, 0) is 6.42 Å². The van der Waals surface area contributed by atoms with Crippen molar-refractivity contribution in [3.8, 4) is 0 Å². The molecule has 8 heteroatoms. The molecule has 2 saturated heterocycles. The van der Waals surface area contributed by atoms with Gasteiger partial charge in [-0.1, -0.05) is 0 Å². The molecule has 1 amide bonds. The highest BCUT2D eigenvalue weighted by atomic mass is 32.2. The number of carboxylic acid groups (broad SMARTS) is 1. The maximum atomic E-state index is 11.8. The highest BCUT2D eigenvalue weighted by Crippen LogP contribution is 2.20. The average Bonchev–Trinajstić information content (AvgIpc) is 2.84. The lowest BCUT2D eigenvalue weighted by atomic mass is 10.0. The summed E-state index contributed by atoms with van der Waals surface area (Å²) in [6.07, 6.45) is 0.305. The summed E-state index contributed by atoms with van der Waals surface area (Å²) in [5.41, 5.74) is 0. The third kappa shape index (κ3) is 2.81. The topological polar surface area (TPSA) is 110 Å². The number of carbonyl (C=O) groups excluding carboxylic acids is 1. The first-order chi connectivity index (χ1) is 8.39. The molecule has 2 fully saturated rings. The smallest absolute Gasteiger partial charge is 0.311 e. The van der Waals surface area contributed by atoms with Crippen molar-refractivity contribution < 1.29 is 27.9 Å². The van der Waals surface area contributed by atoms with Gasteiger partial charge in [0.15, 0.2) is 9.84 Å². The molecule has 0 spiro atoms. The molecule has 0 radical (unpaired) electrons. The van der Waals surface area contributed by atoms with Crippen molar-refractivity contribution in [2.75, 3.05) is 24.7 Å². The minimum Gasteiger partial charge on any atom is -0.481 e. The van der Waals surface area contributed by atoms with Crippen molar-refractivity contribution in [2.24, 2.45) is 11.8 Å². The fourth-order valence-electron chi connectivity index (χ4n) is 2.24. The second kappa shape index (κ2) is 4.85. The molecule has 0 aromatic heterocycles. The average molecular weight is 277 g/mol. The van der Waals surface area contributed by atoms with E-state index in [1.54, 1.807) is 0 Å². The number of aliphatic carboxylic acids is 1. The van der Waals surface area contributed by atoms with Crippen LogP contribution >= 0.6 is 0 Å². The molecule has 0 saturated carbocycles. The van der Waals surface area contributed by atoms with E-state index < -0.39 is 39.6 Å². The summed E-state index contributed by atoms with van der Waals surface area (Å²) in [6.45, 7) is 0.228. The Labute approximate surface area is 104 Å². The molecule has 2 rings (SSSR count). The third-order valence-corrected chi connectivity index (χ3v) is 5.10. The van der Waals surface area contributed by atoms with Crippen molar-refractivity contribution >= 4 is 21.7 Å². The van der Waals surface area contributed by atoms with E-state index in [1.165, 1.54) is 0 Å². The van der Waals surface area contributed by atoms with Gasteiger partial charge >= 0.3 is 5.97 Å². The Bertz CT molecular complexity index is 459. The zero-order valence-corrected chi connectivity index (χ0v) is 10.5. The van der Waals surface area contributed by atoms with E-state index in [-0.39, 0.29) is 24.7 Å². The van der Waals surface area contributed by atoms with Gasteiger partial charge in [0.1, 0.15) is 5.92 Å².